The van der Waals surface area contributed by atoms with Gasteiger partial charge in [-0.2, -0.15) is 0 Å². The maximum atomic E-state index is 12.3. The molecule has 0 bridgehead atoms. The third-order valence-corrected chi connectivity index (χ3v) is 3.99. The predicted molar refractivity (Wildman–Crippen MR) is 91.0 cm³/mol. The number of anilines is 1. The molecule has 0 unspecified atom stereocenters. The standard InChI is InChI=1S/C17H21N5O2/c1-24-16-6-5-14(12-19-16)13-20-17(23)22-10-8-21(9-11-22)15-4-2-3-7-18-15/h2-7,12H,8-11,13H2,1H3,(H,20,23). The van der Waals surface area contributed by atoms with E-state index in [2.05, 4.69) is 20.2 Å². The second kappa shape index (κ2) is 7.63. The molecule has 1 aliphatic rings. The second-order valence-electron chi connectivity index (χ2n) is 5.53. The molecule has 0 saturated carbocycles. The Bertz CT molecular complexity index is 654. The van der Waals surface area contributed by atoms with Crippen molar-refractivity contribution in [2.75, 3.05) is 38.2 Å². The van der Waals surface area contributed by atoms with E-state index in [1.54, 1.807) is 25.6 Å². The van der Waals surface area contributed by atoms with E-state index in [-0.39, 0.29) is 6.03 Å². The summed E-state index contributed by atoms with van der Waals surface area (Å²) < 4.78 is 5.02. The second-order valence-corrected chi connectivity index (χ2v) is 5.53. The number of hydrogen-bond acceptors (Lipinski definition) is 5. The smallest absolute Gasteiger partial charge is 0.317 e. The van der Waals surface area contributed by atoms with Crippen molar-refractivity contribution in [1.82, 2.24) is 20.2 Å². The molecule has 0 radical (unpaired) electrons. The third-order valence-electron chi connectivity index (χ3n) is 3.99. The van der Waals surface area contributed by atoms with Crippen LogP contribution in [0.4, 0.5) is 10.6 Å². The van der Waals surface area contributed by atoms with Gasteiger partial charge in [0.1, 0.15) is 5.82 Å². The van der Waals surface area contributed by atoms with Gasteiger partial charge in [0.05, 0.1) is 7.11 Å². The summed E-state index contributed by atoms with van der Waals surface area (Å²) in [4.78, 5) is 24.8. The molecule has 2 amide bonds. The number of rotatable bonds is 4. The van der Waals surface area contributed by atoms with E-state index in [0.717, 1.165) is 24.5 Å². The number of hydrogen-bond donors (Lipinski definition) is 1. The zero-order chi connectivity index (χ0) is 16.8. The van der Waals surface area contributed by atoms with Crippen LogP contribution in [0.5, 0.6) is 5.88 Å². The molecule has 2 aromatic rings. The average molecular weight is 327 g/mol. The molecular formula is C17H21N5O2. The Morgan fingerprint density at radius 1 is 1.17 bits per heavy atom. The van der Waals surface area contributed by atoms with E-state index in [1.165, 1.54) is 0 Å². The first-order valence-corrected chi connectivity index (χ1v) is 7.94. The Balaban J connectivity index is 1.46. The van der Waals surface area contributed by atoms with Crippen molar-refractivity contribution in [3.63, 3.8) is 0 Å². The molecule has 3 heterocycles. The lowest BCUT2D eigenvalue weighted by Gasteiger charge is -2.35. The Morgan fingerprint density at radius 2 is 2.00 bits per heavy atom. The number of urea groups is 1. The number of pyridine rings is 2. The van der Waals surface area contributed by atoms with Gasteiger partial charge in [-0.15, -0.1) is 0 Å². The summed E-state index contributed by atoms with van der Waals surface area (Å²) >= 11 is 0. The number of nitrogens with one attached hydrogen (secondary N) is 1. The molecule has 7 nitrogen and oxygen atoms in total. The first-order chi connectivity index (χ1) is 11.8. The Morgan fingerprint density at radius 3 is 2.62 bits per heavy atom. The lowest BCUT2D eigenvalue weighted by molar-refractivity contribution is 0.194. The number of carbonyl (C=O) groups is 1. The molecule has 126 valence electrons. The van der Waals surface area contributed by atoms with E-state index in [0.29, 0.717) is 25.5 Å². The third kappa shape index (κ3) is 3.92. The van der Waals surface area contributed by atoms with Gasteiger partial charge in [-0.3, -0.25) is 0 Å². The van der Waals surface area contributed by atoms with Gasteiger partial charge in [0, 0.05) is 51.2 Å². The highest BCUT2D eigenvalue weighted by Gasteiger charge is 2.21. The average Bonchev–Trinajstić information content (AvgIpc) is 2.67. The zero-order valence-electron chi connectivity index (χ0n) is 13.7. The molecule has 24 heavy (non-hydrogen) atoms. The van der Waals surface area contributed by atoms with Crippen LogP contribution in [0.15, 0.2) is 42.7 Å². The molecule has 0 aliphatic carbocycles. The van der Waals surface area contributed by atoms with Crippen LogP contribution in [0.1, 0.15) is 5.56 Å². The van der Waals surface area contributed by atoms with Gasteiger partial charge in [0.2, 0.25) is 5.88 Å². The van der Waals surface area contributed by atoms with Crippen molar-refractivity contribution in [3.8, 4) is 5.88 Å². The summed E-state index contributed by atoms with van der Waals surface area (Å²) in [6.07, 6.45) is 3.50. The van der Waals surface area contributed by atoms with Gasteiger partial charge in [0.15, 0.2) is 0 Å². The SMILES string of the molecule is COc1ccc(CNC(=O)N2CCN(c3ccccn3)CC2)cn1. The molecule has 3 rings (SSSR count). The molecule has 1 N–H and O–H groups in total. The monoisotopic (exact) mass is 327 g/mol. The highest BCUT2D eigenvalue weighted by molar-refractivity contribution is 5.74. The lowest BCUT2D eigenvalue weighted by atomic mass is 10.3. The first kappa shape index (κ1) is 16.0. The van der Waals surface area contributed by atoms with Crippen LogP contribution >= 0.6 is 0 Å². The number of amides is 2. The number of methoxy groups -OCH3 is 1. The van der Waals surface area contributed by atoms with Crippen LogP contribution in [0.25, 0.3) is 0 Å². The van der Waals surface area contributed by atoms with Gasteiger partial charge in [-0.1, -0.05) is 12.1 Å². The van der Waals surface area contributed by atoms with Crippen LogP contribution in [-0.4, -0.2) is 54.2 Å². The van der Waals surface area contributed by atoms with Crippen LogP contribution in [-0.2, 0) is 6.54 Å². The summed E-state index contributed by atoms with van der Waals surface area (Å²) in [5, 5.41) is 2.93. The van der Waals surface area contributed by atoms with E-state index in [9.17, 15) is 4.79 Å². The summed E-state index contributed by atoms with van der Waals surface area (Å²) in [6.45, 7) is 3.39. The van der Waals surface area contributed by atoms with E-state index in [1.807, 2.05) is 29.2 Å². The minimum Gasteiger partial charge on any atom is -0.481 e. The van der Waals surface area contributed by atoms with Crippen LogP contribution in [0.3, 0.4) is 0 Å². The van der Waals surface area contributed by atoms with Gasteiger partial charge in [0.25, 0.3) is 0 Å². The van der Waals surface area contributed by atoms with Crippen molar-refractivity contribution < 1.29 is 9.53 Å². The van der Waals surface area contributed by atoms with Gasteiger partial charge in [-0.25, -0.2) is 14.8 Å². The quantitative estimate of drug-likeness (QED) is 0.922. The van der Waals surface area contributed by atoms with Gasteiger partial charge in [-0.05, 0) is 17.7 Å². The van der Waals surface area contributed by atoms with E-state index < -0.39 is 0 Å². The zero-order valence-corrected chi connectivity index (χ0v) is 13.7. The summed E-state index contributed by atoms with van der Waals surface area (Å²) in [7, 11) is 1.58. The lowest BCUT2D eigenvalue weighted by Crippen LogP contribution is -2.51. The molecule has 1 aliphatic heterocycles. The highest BCUT2D eigenvalue weighted by Crippen LogP contribution is 2.12. The predicted octanol–water partition coefficient (Wildman–Crippen LogP) is 1.52. The van der Waals surface area contributed by atoms with Crippen molar-refractivity contribution in [3.05, 3.63) is 48.3 Å². The number of nitrogens with zero attached hydrogens (tertiary/aromatic N) is 4. The molecule has 0 spiro atoms. The molecule has 7 heteroatoms. The summed E-state index contributed by atoms with van der Waals surface area (Å²) in [5.41, 5.74) is 0.941. The first-order valence-electron chi connectivity index (χ1n) is 7.94. The highest BCUT2D eigenvalue weighted by atomic mass is 16.5. The van der Waals surface area contributed by atoms with Gasteiger partial charge < -0.3 is 19.9 Å². The molecule has 0 atom stereocenters. The van der Waals surface area contributed by atoms with Crippen LogP contribution in [0, 0.1) is 0 Å². The molecular weight excluding hydrogens is 306 g/mol. The van der Waals surface area contributed by atoms with Crippen LogP contribution < -0.4 is 15.0 Å². The van der Waals surface area contributed by atoms with E-state index in [4.69, 9.17) is 4.74 Å². The fourth-order valence-corrected chi connectivity index (χ4v) is 2.61. The topological polar surface area (TPSA) is 70.6 Å². The number of piperazine rings is 1. The maximum Gasteiger partial charge on any atom is 0.317 e. The molecule has 0 aromatic carbocycles. The van der Waals surface area contributed by atoms with E-state index >= 15 is 0 Å². The Labute approximate surface area is 141 Å². The van der Waals surface area contributed by atoms with Crippen molar-refractivity contribution >= 4 is 11.8 Å². The van der Waals surface area contributed by atoms with Crippen LogP contribution in [0.2, 0.25) is 0 Å². The number of aromatic nitrogens is 2. The Hall–Kier alpha value is -2.83. The normalized spacial score (nSPS) is 14.4. The largest absolute Gasteiger partial charge is 0.481 e. The molecule has 2 aromatic heterocycles. The van der Waals surface area contributed by atoms with Crippen molar-refractivity contribution in [1.29, 1.82) is 0 Å². The fourth-order valence-electron chi connectivity index (χ4n) is 2.61. The fraction of sp³-hybridized carbons (Fsp3) is 0.353. The van der Waals surface area contributed by atoms with Gasteiger partial charge >= 0.3 is 6.03 Å². The molecule has 1 saturated heterocycles. The minimum atomic E-state index is -0.0495. The number of ether oxygens (including phenoxy) is 1. The number of carbonyl (C=O) groups excluding carboxylic acids is 1. The summed E-state index contributed by atoms with van der Waals surface area (Å²) in [6, 6.07) is 9.50. The van der Waals surface area contributed by atoms with Crippen molar-refractivity contribution in [2.24, 2.45) is 0 Å². The maximum absolute atomic E-state index is 12.3. The molecule has 1 fully saturated rings. The van der Waals surface area contributed by atoms with Crippen molar-refractivity contribution in [2.45, 2.75) is 6.54 Å². The minimum absolute atomic E-state index is 0.0495. The Kier molecular flexibility index (Phi) is 5.10. The summed E-state index contributed by atoms with van der Waals surface area (Å²) in [5.74, 6) is 1.53.